The summed E-state index contributed by atoms with van der Waals surface area (Å²) in [5, 5.41) is 9.10. The maximum absolute atomic E-state index is 14.5. The van der Waals surface area contributed by atoms with E-state index in [9.17, 15) is 13.6 Å². The van der Waals surface area contributed by atoms with Gasteiger partial charge in [0.15, 0.2) is 0 Å². The van der Waals surface area contributed by atoms with Crippen LogP contribution < -0.4 is 4.90 Å². The van der Waals surface area contributed by atoms with Crippen molar-refractivity contribution < 1.29 is 13.6 Å². The van der Waals surface area contributed by atoms with Crippen molar-refractivity contribution in [1.82, 2.24) is 4.90 Å². The molecule has 0 radical (unpaired) electrons. The molecule has 4 nitrogen and oxygen atoms in total. The summed E-state index contributed by atoms with van der Waals surface area (Å²) < 4.78 is 29.0. The molecule has 3 fully saturated rings. The number of piperidine rings is 2. The number of nitrogens with zero attached hydrogens (tertiary/aromatic N) is 3. The Morgan fingerprint density at radius 1 is 1.27 bits per heavy atom. The van der Waals surface area contributed by atoms with E-state index in [1.165, 1.54) is 0 Å². The molecule has 1 saturated carbocycles. The Morgan fingerprint density at radius 2 is 2.08 bits per heavy atom. The van der Waals surface area contributed by atoms with E-state index in [0.717, 1.165) is 12.8 Å². The van der Waals surface area contributed by atoms with Crippen LogP contribution >= 0.6 is 0 Å². The summed E-state index contributed by atoms with van der Waals surface area (Å²) in [6, 6.07) is 8.93. The monoisotopic (exact) mass is 359 g/mol. The van der Waals surface area contributed by atoms with Gasteiger partial charge in [-0.25, -0.2) is 8.78 Å². The molecule has 138 valence electrons. The quantitative estimate of drug-likeness (QED) is 0.831. The summed E-state index contributed by atoms with van der Waals surface area (Å²) in [4.78, 5) is 16.7. The number of halogens is 2. The molecule has 0 N–H and O–H groups in total. The average Bonchev–Trinajstić information content (AvgIpc) is 3.40. The Hall–Kier alpha value is -2.00. The Kier molecular flexibility index (Phi) is 4.23. The molecule has 0 aromatic heterocycles. The van der Waals surface area contributed by atoms with E-state index in [2.05, 4.69) is 6.07 Å². The Balaban J connectivity index is 1.61. The lowest BCUT2D eigenvalue weighted by molar-refractivity contribution is -0.154. The lowest BCUT2D eigenvalue weighted by Gasteiger charge is -2.49. The maximum atomic E-state index is 14.5. The first-order valence-electron chi connectivity index (χ1n) is 9.33. The third-order valence-electron chi connectivity index (χ3n) is 5.81. The Morgan fingerprint density at radius 3 is 2.81 bits per heavy atom. The van der Waals surface area contributed by atoms with Crippen molar-refractivity contribution in [2.24, 2.45) is 11.3 Å². The second kappa shape index (κ2) is 6.31. The minimum absolute atomic E-state index is 0.209. The van der Waals surface area contributed by atoms with Crippen LogP contribution in [0.2, 0.25) is 0 Å². The number of rotatable bonds is 3. The predicted octanol–water partition coefficient (Wildman–Crippen LogP) is 3.42. The number of carbonyl (C=O) groups is 1. The molecule has 6 heteroatoms. The molecule has 1 aromatic carbocycles. The van der Waals surface area contributed by atoms with Gasteiger partial charge in [-0.15, -0.1) is 0 Å². The third-order valence-corrected chi connectivity index (χ3v) is 5.81. The first-order valence-corrected chi connectivity index (χ1v) is 9.33. The van der Waals surface area contributed by atoms with E-state index < -0.39 is 11.3 Å². The standard InChI is InChI=1S/C20H23F2N3O/c21-20(22)12-19(13-24(14-20)11-15-5-6-15)7-2-8-25(18(19)26)17-4-1-3-16(9-17)10-23/h1,3-4,9,15H,2,5-8,11-14H2. The molecule has 1 atom stereocenters. The number of hydrogen-bond acceptors (Lipinski definition) is 3. The summed E-state index contributed by atoms with van der Waals surface area (Å²) in [6.45, 7) is 1.38. The molecule has 2 aliphatic heterocycles. The number of benzene rings is 1. The number of amides is 1. The van der Waals surface area contributed by atoms with Crippen molar-refractivity contribution >= 4 is 11.6 Å². The van der Waals surface area contributed by atoms with E-state index in [1.807, 2.05) is 4.90 Å². The van der Waals surface area contributed by atoms with Crippen molar-refractivity contribution in [2.75, 3.05) is 31.1 Å². The molecular formula is C20H23F2N3O. The molecule has 26 heavy (non-hydrogen) atoms. The van der Waals surface area contributed by atoms with Crippen molar-refractivity contribution in [3.63, 3.8) is 0 Å². The van der Waals surface area contributed by atoms with Crippen LogP contribution in [0.15, 0.2) is 24.3 Å². The van der Waals surface area contributed by atoms with Gasteiger partial charge in [-0.3, -0.25) is 9.69 Å². The minimum Gasteiger partial charge on any atom is -0.312 e. The SMILES string of the molecule is N#Cc1cccc(N2CCCC3(CN(CC4CC4)CC(F)(F)C3)C2=O)c1. The van der Waals surface area contributed by atoms with Gasteiger partial charge >= 0.3 is 0 Å². The minimum atomic E-state index is -2.83. The summed E-state index contributed by atoms with van der Waals surface area (Å²) >= 11 is 0. The van der Waals surface area contributed by atoms with Crippen LogP contribution in [-0.4, -0.2) is 42.9 Å². The molecular weight excluding hydrogens is 336 g/mol. The molecule has 1 amide bonds. The highest BCUT2D eigenvalue weighted by Crippen LogP contribution is 2.47. The molecule has 1 unspecified atom stereocenters. The zero-order chi connectivity index (χ0) is 18.4. The number of alkyl halides is 2. The Bertz CT molecular complexity index is 756. The van der Waals surface area contributed by atoms with Gasteiger partial charge in [0.05, 0.1) is 23.6 Å². The predicted molar refractivity (Wildman–Crippen MR) is 93.9 cm³/mol. The number of anilines is 1. The highest BCUT2D eigenvalue weighted by Gasteiger charge is 2.55. The largest absolute Gasteiger partial charge is 0.312 e. The second-order valence-corrected chi connectivity index (χ2v) is 8.15. The van der Waals surface area contributed by atoms with Crippen LogP contribution in [0.3, 0.4) is 0 Å². The fourth-order valence-electron chi connectivity index (χ4n) is 4.58. The smallest absolute Gasteiger partial charge is 0.261 e. The number of nitriles is 1. The summed E-state index contributed by atoms with van der Waals surface area (Å²) in [6.07, 6.45) is 3.06. The molecule has 1 aromatic rings. The maximum Gasteiger partial charge on any atom is 0.261 e. The lowest BCUT2D eigenvalue weighted by atomic mass is 9.71. The zero-order valence-corrected chi connectivity index (χ0v) is 14.8. The molecule has 1 spiro atoms. The summed E-state index contributed by atoms with van der Waals surface area (Å²) in [5.74, 6) is -2.53. The van der Waals surface area contributed by atoms with Gasteiger partial charge < -0.3 is 4.90 Å². The van der Waals surface area contributed by atoms with Gasteiger partial charge in [-0.1, -0.05) is 6.07 Å². The fraction of sp³-hybridized carbons (Fsp3) is 0.600. The number of likely N-dealkylation sites (tertiary alicyclic amines) is 1. The van der Waals surface area contributed by atoms with Crippen LogP contribution in [0, 0.1) is 22.7 Å². The van der Waals surface area contributed by atoms with E-state index in [-0.39, 0.29) is 18.9 Å². The van der Waals surface area contributed by atoms with E-state index in [4.69, 9.17) is 5.26 Å². The highest BCUT2D eigenvalue weighted by atomic mass is 19.3. The Labute approximate surface area is 152 Å². The second-order valence-electron chi connectivity index (χ2n) is 8.15. The molecule has 0 bridgehead atoms. The van der Waals surface area contributed by atoms with Gasteiger partial charge in [0.2, 0.25) is 5.91 Å². The van der Waals surface area contributed by atoms with Crippen molar-refractivity contribution in [1.29, 1.82) is 5.26 Å². The van der Waals surface area contributed by atoms with E-state index in [1.54, 1.807) is 29.2 Å². The van der Waals surface area contributed by atoms with Gasteiger partial charge in [0.25, 0.3) is 5.92 Å². The third kappa shape index (κ3) is 3.33. The normalized spacial score (nSPS) is 29.0. The molecule has 2 heterocycles. The van der Waals surface area contributed by atoms with Crippen LogP contribution in [-0.2, 0) is 4.79 Å². The lowest BCUT2D eigenvalue weighted by Crippen LogP contribution is -2.61. The number of carbonyl (C=O) groups excluding carboxylic acids is 1. The van der Waals surface area contributed by atoms with Crippen LogP contribution in [0.4, 0.5) is 14.5 Å². The van der Waals surface area contributed by atoms with Gasteiger partial charge in [0.1, 0.15) is 0 Å². The highest BCUT2D eigenvalue weighted by molar-refractivity contribution is 5.98. The fourth-order valence-corrected chi connectivity index (χ4v) is 4.58. The van der Waals surface area contributed by atoms with Crippen molar-refractivity contribution in [3.05, 3.63) is 29.8 Å². The molecule has 3 aliphatic rings. The molecule has 2 saturated heterocycles. The summed E-state index contributed by atoms with van der Waals surface area (Å²) in [5.41, 5.74) is 0.0902. The first kappa shape index (κ1) is 17.4. The van der Waals surface area contributed by atoms with E-state index in [0.29, 0.717) is 49.6 Å². The number of hydrogen-bond donors (Lipinski definition) is 0. The van der Waals surface area contributed by atoms with Crippen molar-refractivity contribution in [2.45, 2.75) is 38.0 Å². The average molecular weight is 359 g/mol. The topological polar surface area (TPSA) is 47.3 Å². The molecule has 4 rings (SSSR count). The van der Waals surface area contributed by atoms with Gasteiger partial charge in [-0.2, -0.15) is 5.26 Å². The summed E-state index contributed by atoms with van der Waals surface area (Å²) in [7, 11) is 0. The van der Waals surface area contributed by atoms with Crippen LogP contribution in [0.5, 0.6) is 0 Å². The van der Waals surface area contributed by atoms with Crippen LogP contribution in [0.25, 0.3) is 0 Å². The van der Waals surface area contributed by atoms with Gasteiger partial charge in [0, 0.05) is 31.7 Å². The van der Waals surface area contributed by atoms with E-state index >= 15 is 0 Å². The van der Waals surface area contributed by atoms with Crippen LogP contribution in [0.1, 0.15) is 37.7 Å². The zero-order valence-electron chi connectivity index (χ0n) is 14.8. The molecule has 1 aliphatic carbocycles. The van der Waals surface area contributed by atoms with Crippen molar-refractivity contribution in [3.8, 4) is 6.07 Å². The van der Waals surface area contributed by atoms with Gasteiger partial charge in [-0.05, 0) is 49.8 Å². The first-order chi connectivity index (χ1) is 12.4.